The van der Waals surface area contributed by atoms with Gasteiger partial charge >= 0.3 is 0 Å². The molecule has 6 rings (SSSR count). The number of carbonyl (C=O) groups excluding carboxylic acids is 1. The second-order valence-corrected chi connectivity index (χ2v) is 12.2. The number of aldehydes is 1. The van der Waals surface area contributed by atoms with Gasteiger partial charge < -0.3 is 0 Å². The van der Waals surface area contributed by atoms with E-state index in [1.165, 1.54) is 41.8 Å². The molecule has 0 amide bonds. The summed E-state index contributed by atoms with van der Waals surface area (Å²) in [4.78, 5) is 16.9. The van der Waals surface area contributed by atoms with E-state index in [1.54, 1.807) is 23.1 Å². The molecule has 0 N–H and O–H groups in total. The van der Waals surface area contributed by atoms with Gasteiger partial charge in [0.1, 0.15) is 6.29 Å². The fraction of sp³-hybridized carbons (Fsp3) is 0. The van der Waals surface area contributed by atoms with Gasteiger partial charge in [0.15, 0.2) is 0 Å². The Bertz CT molecular complexity index is 1750. The van der Waals surface area contributed by atoms with Gasteiger partial charge in [-0.05, 0) is 58.7 Å². The molecule has 0 unspecified atom stereocenters. The molecule has 1 nitrogen and oxygen atoms in total. The average Bonchev–Trinajstić information content (AvgIpc) is 3.09. The monoisotopic (exact) mass is 589 g/mol. The molecule has 0 saturated heterocycles. The molecule has 0 saturated carbocycles. The molecule has 0 atom stereocenters. The second-order valence-electron chi connectivity index (χ2n) is 9.99. The summed E-state index contributed by atoms with van der Waals surface area (Å²) in [7, 11) is 0. The molecule has 206 valence electrons. The zero-order valence-electron chi connectivity index (χ0n) is 23.5. The molecule has 1 aromatic heterocycles. The van der Waals surface area contributed by atoms with Crippen LogP contribution >= 0.6 is 23.1 Å². The van der Waals surface area contributed by atoms with E-state index in [-0.39, 0.29) is 0 Å². The predicted molar refractivity (Wildman–Crippen MR) is 187 cm³/mol. The van der Waals surface area contributed by atoms with Crippen molar-refractivity contribution in [3.63, 3.8) is 0 Å². The van der Waals surface area contributed by atoms with Crippen molar-refractivity contribution >= 4 is 45.3 Å². The third kappa shape index (κ3) is 7.34. The SMILES string of the molecule is O=CC(=C\C=C1C=C(c2ccccc2)SC(c2ccccc2)=C1)/C=C/c1cc(-c2ccccc2)[s+]c(-c2ccccc2)c1. The highest BCUT2D eigenvalue weighted by Crippen LogP contribution is 2.44. The summed E-state index contributed by atoms with van der Waals surface area (Å²) in [5.41, 5.74) is 7.39. The molecule has 0 fully saturated rings. The van der Waals surface area contributed by atoms with Gasteiger partial charge in [0.05, 0.1) is 0 Å². The highest BCUT2D eigenvalue weighted by Gasteiger charge is 2.18. The number of hydrogen-bond acceptors (Lipinski definition) is 2. The molecule has 2 heterocycles. The maximum Gasteiger partial charge on any atom is 0.239 e. The zero-order valence-corrected chi connectivity index (χ0v) is 25.1. The van der Waals surface area contributed by atoms with Gasteiger partial charge in [-0.15, -0.1) is 0 Å². The van der Waals surface area contributed by atoms with E-state index in [2.05, 4.69) is 121 Å². The van der Waals surface area contributed by atoms with Crippen molar-refractivity contribution in [2.45, 2.75) is 0 Å². The largest absolute Gasteiger partial charge is 0.298 e. The third-order valence-corrected chi connectivity index (χ3v) is 9.23. The summed E-state index contributed by atoms with van der Waals surface area (Å²) in [6.45, 7) is 0. The fourth-order valence-electron chi connectivity index (χ4n) is 4.73. The number of benzene rings is 4. The van der Waals surface area contributed by atoms with E-state index in [4.69, 9.17) is 0 Å². The van der Waals surface area contributed by atoms with E-state index in [0.717, 1.165) is 17.4 Å². The summed E-state index contributed by atoms with van der Waals surface area (Å²) in [5.74, 6) is 0. The van der Waals surface area contributed by atoms with Crippen molar-refractivity contribution in [1.82, 2.24) is 0 Å². The van der Waals surface area contributed by atoms with Gasteiger partial charge in [0.25, 0.3) is 0 Å². The minimum absolute atomic E-state index is 0.602. The fourth-order valence-corrected chi connectivity index (χ4v) is 7.00. The Kier molecular flexibility index (Phi) is 9.14. The average molecular weight is 590 g/mol. The Balaban J connectivity index is 1.34. The van der Waals surface area contributed by atoms with E-state index < -0.39 is 0 Å². The van der Waals surface area contributed by atoms with Crippen LogP contribution in [0.25, 0.3) is 36.8 Å². The first-order valence-electron chi connectivity index (χ1n) is 14.1. The smallest absolute Gasteiger partial charge is 0.239 e. The summed E-state index contributed by atoms with van der Waals surface area (Å²) in [5, 5.41) is 0. The van der Waals surface area contributed by atoms with Crippen LogP contribution in [0.3, 0.4) is 0 Å². The van der Waals surface area contributed by atoms with Gasteiger partial charge in [0.2, 0.25) is 21.1 Å². The first-order valence-corrected chi connectivity index (χ1v) is 15.7. The van der Waals surface area contributed by atoms with Gasteiger partial charge in [-0.1, -0.05) is 133 Å². The minimum Gasteiger partial charge on any atom is -0.298 e. The van der Waals surface area contributed by atoms with E-state index in [0.29, 0.717) is 5.57 Å². The molecule has 3 heteroatoms. The van der Waals surface area contributed by atoms with Crippen LogP contribution in [0.4, 0.5) is 0 Å². The van der Waals surface area contributed by atoms with E-state index in [1.807, 2.05) is 48.6 Å². The third-order valence-electron chi connectivity index (χ3n) is 6.94. The van der Waals surface area contributed by atoms with Crippen molar-refractivity contribution in [3.05, 3.63) is 192 Å². The van der Waals surface area contributed by atoms with Crippen molar-refractivity contribution in [2.24, 2.45) is 0 Å². The first kappa shape index (κ1) is 28.3. The summed E-state index contributed by atoms with van der Waals surface area (Å²) < 4.78 is 0. The second kappa shape index (κ2) is 13.9. The molecule has 0 radical (unpaired) electrons. The topological polar surface area (TPSA) is 17.1 Å². The molecule has 0 aliphatic carbocycles. The molecule has 0 bridgehead atoms. The Morgan fingerprint density at radius 1 is 0.581 bits per heavy atom. The molecule has 5 aromatic rings. The van der Waals surface area contributed by atoms with Crippen LogP contribution in [0.1, 0.15) is 16.7 Å². The van der Waals surface area contributed by atoms with Crippen molar-refractivity contribution in [3.8, 4) is 20.9 Å². The summed E-state index contributed by atoms with van der Waals surface area (Å²) in [6.07, 6.45) is 13.1. The van der Waals surface area contributed by atoms with Gasteiger partial charge in [-0.3, -0.25) is 4.79 Å². The lowest BCUT2D eigenvalue weighted by atomic mass is 10.1. The predicted octanol–water partition coefficient (Wildman–Crippen LogP) is 11.3. The van der Waals surface area contributed by atoms with Crippen LogP contribution in [-0.4, -0.2) is 6.29 Å². The van der Waals surface area contributed by atoms with Crippen molar-refractivity contribution in [1.29, 1.82) is 0 Å². The molecule has 4 aromatic carbocycles. The van der Waals surface area contributed by atoms with E-state index in [9.17, 15) is 4.79 Å². The number of hydrogen-bond donors (Lipinski definition) is 0. The summed E-state index contributed by atoms with van der Waals surface area (Å²) >= 11 is 3.53. The van der Waals surface area contributed by atoms with Crippen molar-refractivity contribution in [2.75, 3.05) is 0 Å². The maximum absolute atomic E-state index is 12.2. The molecule has 1 aliphatic rings. The Morgan fingerprint density at radius 2 is 1.02 bits per heavy atom. The Morgan fingerprint density at radius 3 is 1.47 bits per heavy atom. The lowest BCUT2D eigenvalue weighted by molar-refractivity contribution is -0.104. The first-order chi connectivity index (χ1) is 21.2. The lowest BCUT2D eigenvalue weighted by Gasteiger charge is -2.17. The van der Waals surface area contributed by atoms with Gasteiger partial charge in [-0.2, -0.15) is 0 Å². The normalized spacial score (nSPS) is 13.4. The number of allylic oxidation sites excluding steroid dienone is 7. The standard InChI is InChI=1S/C40H29OS2/c41-29-30(21-23-31-25-37(33-13-5-1-6-14-33)42-38(26-31)34-15-7-2-8-16-34)22-24-32-27-39(35-17-9-3-10-18-35)43-40(28-32)36-19-11-4-12-20-36/h1-29H/q+1. The van der Waals surface area contributed by atoms with Crippen LogP contribution in [0.15, 0.2) is 175 Å². The van der Waals surface area contributed by atoms with Gasteiger partial charge in [-0.25, -0.2) is 0 Å². The number of rotatable bonds is 8. The number of thioether (sulfide) groups is 1. The van der Waals surface area contributed by atoms with Crippen LogP contribution in [0.5, 0.6) is 0 Å². The zero-order chi connectivity index (χ0) is 29.3. The van der Waals surface area contributed by atoms with Crippen LogP contribution in [-0.2, 0) is 4.79 Å². The highest BCUT2D eigenvalue weighted by atomic mass is 32.2. The van der Waals surface area contributed by atoms with Gasteiger partial charge in [0, 0.05) is 38.6 Å². The molecular formula is C40H29OS2+. The lowest BCUT2D eigenvalue weighted by Crippen LogP contribution is -1.91. The maximum atomic E-state index is 12.2. The molecule has 43 heavy (non-hydrogen) atoms. The Labute approximate surface area is 261 Å². The number of carbonyl (C=O) groups is 1. The van der Waals surface area contributed by atoms with Crippen LogP contribution < -0.4 is 0 Å². The summed E-state index contributed by atoms with van der Waals surface area (Å²) in [6, 6.07) is 46.1. The van der Waals surface area contributed by atoms with Crippen LogP contribution in [0, 0.1) is 0 Å². The molecule has 1 aliphatic heterocycles. The minimum atomic E-state index is 0.602. The molecule has 0 spiro atoms. The quantitative estimate of drug-likeness (QED) is 0.0775. The van der Waals surface area contributed by atoms with Crippen molar-refractivity contribution < 1.29 is 4.79 Å². The van der Waals surface area contributed by atoms with Crippen LogP contribution in [0.2, 0.25) is 0 Å². The van der Waals surface area contributed by atoms with E-state index >= 15 is 0 Å². The Hall–Kier alpha value is -4.83. The highest BCUT2D eigenvalue weighted by molar-refractivity contribution is 8.16. The molecular weight excluding hydrogens is 561 g/mol.